The van der Waals surface area contributed by atoms with E-state index in [0.29, 0.717) is 18.4 Å². The van der Waals surface area contributed by atoms with Gasteiger partial charge in [0.05, 0.1) is 12.7 Å². The van der Waals surface area contributed by atoms with Crippen LogP contribution in [0, 0.1) is 10.8 Å². The smallest absolute Gasteiger partial charge is 0.118 e. The van der Waals surface area contributed by atoms with E-state index in [2.05, 4.69) is 46.9 Å². The number of hydrogen-bond acceptors (Lipinski definition) is 3. The van der Waals surface area contributed by atoms with E-state index in [9.17, 15) is 5.11 Å². The maximum absolute atomic E-state index is 10.0. The fraction of sp³-hybridized carbons (Fsp3) is 0.684. The average molecular weight is 305 g/mol. The zero-order chi connectivity index (χ0) is 16.5. The van der Waals surface area contributed by atoms with E-state index >= 15 is 0 Å². The normalized spacial score (nSPS) is 26.9. The number of phenols is 1. The van der Waals surface area contributed by atoms with Crippen LogP contribution in [0.3, 0.4) is 0 Å². The van der Waals surface area contributed by atoms with Gasteiger partial charge in [0.15, 0.2) is 0 Å². The number of ether oxygens (including phenoxy) is 1. The van der Waals surface area contributed by atoms with Gasteiger partial charge in [0.1, 0.15) is 5.75 Å². The van der Waals surface area contributed by atoms with Gasteiger partial charge in [-0.05, 0) is 22.5 Å². The monoisotopic (exact) mass is 305 g/mol. The topological polar surface area (TPSA) is 41.5 Å². The second kappa shape index (κ2) is 6.21. The van der Waals surface area contributed by atoms with Crippen molar-refractivity contribution in [2.45, 2.75) is 66.2 Å². The molecule has 0 saturated carbocycles. The van der Waals surface area contributed by atoms with Gasteiger partial charge in [0.25, 0.3) is 0 Å². The third kappa shape index (κ3) is 4.02. The summed E-state index contributed by atoms with van der Waals surface area (Å²) in [6.07, 6.45) is 0.810. The number of nitrogens with one attached hydrogen (secondary N) is 1. The molecule has 3 atom stereocenters. The van der Waals surface area contributed by atoms with E-state index in [-0.39, 0.29) is 23.0 Å². The van der Waals surface area contributed by atoms with E-state index in [1.165, 1.54) is 0 Å². The summed E-state index contributed by atoms with van der Waals surface area (Å²) in [5, 5.41) is 13.9. The van der Waals surface area contributed by atoms with Crippen LogP contribution in [0.4, 0.5) is 0 Å². The predicted molar refractivity (Wildman–Crippen MR) is 91.2 cm³/mol. The fourth-order valence-electron chi connectivity index (χ4n) is 3.07. The number of phenolic OH excluding ortho intramolecular Hbond substituents is 1. The molecule has 1 aromatic rings. The van der Waals surface area contributed by atoms with Gasteiger partial charge >= 0.3 is 0 Å². The minimum atomic E-state index is 0.0758. The summed E-state index contributed by atoms with van der Waals surface area (Å²) in [4.78, 5) is 0. The maximum Gasteiger partial charge on any atom is 0.118 e. The molecule has 0 radical (unpaired) electrons. The number of aromatic hydroxyl groups is 1. The zero-order valence-corrected chi connectivity index (χ0v) is 14.8. The molecule has 3 heteroatoms. The first-order valence-corrected chi connectivity index (χ1v) is 8.23. The van der Waals surface area contributed by atoms with Crippen molar-refractivity contribution >= 4 is 0 Å². The molecule has 0 amide bonds. The molecule has 22 heavy (non-hydrogen) atoms. The molecule has 1 aromatic carbocycles. The lowest BCUT2D eigenvalue weighted by Crippen LogP contribution is -2.62. The second-order valence-corrected chi connectivity index (χ2v) is 8.63. The predicted octanol–water partition coefficient (Wildman–Crippen LogP) is 3.75. The van der Waals surface area contributed by atoms with Crippen LogP contribution in [0.5, 0.6) is 5.75 Å². The van der Waals surface area contributed by atoms with Gasteiger partial charge in [-0.1, -0.05) is 59.7 Å². The molecule has 1 fully saturated rings. The van der Waals surface area contributed by atoms with Crippen molar-refractivity contribution in [3.05, 3.63) is 29.8 Å². The Morgan fingerprint density at radius 3 is 2.27 bits per heavy atom. The zero-order valence-electron chi connectivity index (χ0n) is 14.8. The van der Waals surface area contributed by atoms with Crippen molar-refractivity contribution in [2.75, 3.05) is 6.61 Å². The van der Waals surface area contributed by atoms with Crippen LogP contribution >= 0.6 is 0 Å². The Kier molecular flexibility index (Phi) is 4.88. The molecular weight excluding hydrogens is 274 g/mol. The van der Waals surface area contributed by atoms with Gasteiger partial charge in [-0.25, -0.2) is 0 Å². The number of hydrogen-bond donors (Lipinski definition) is 2. The first kappa shape index (κ1) is 17.3. The lowest BCUT2D eigenvalue weighted by atomic mass is 9.77. The van der Waals surface area contributed by atoms with Gasteiger partial charge in [0.2, 0.25) is 0 Å². The minimum Gasteiger partial charge on any atom is -0.508 e. The first-order valence-electron chi connectivity index (χ1n) is 8.23. The van der Waals surface area contributed by atoms with Crippen molar-refractivity contribution in [2.24, 2.45) is 10.8 Å². The molecular formula is C19H31NO2. The van der Waals surface area contributed by atoms with Gasteiger partial charge < -0.3 is 15.2 Å². The summed E-state index contributed by atoms with van der Waals surface area (Å²) < 4.78 is 6.24. The molecule has 3 nitrogen and oxygen atoms in total. The summed E-state index contributed by atoms with van der Waals surface area (Å²) >= 11 is 0. The highest BCUT2D eigenvalue weighted by atomic mass is 16.5. The molecule has 2 rings (SSSR count). The average Bonchev–Trinajstić information content (AvgIpc) is 2.39. The highest BCUT2D eigenvalue weighted by Gasteiger charge is 2.41. The van der Waals surface area contributed by atoms with Crippen LogP contribution in [-0.4, -0.2) is 29.9 Å². The molecule has 124 valence electrons. The molecule has 0 aromatic heterocycles. The largest absolute Gasteiger partial charge is 0.508 e. The Hall–Kier alpha value is -1.06. The van der Waals surface area contributed by atoms with Crippen LogP contribution in [-0.2, 0) is 11.2 Å². The molecule has 0 bridgehead atoms. The highest BCUT2D eigenvalue weighted by molar-refractivity contribution is 5.32. The number of benzene rings is 1. The molecule has 1 aliphatic rings. The third-order valence-corrected chi connectivity index (χ3v) is 4.62. The molecule has 1 heterocycles. The van der Waals surface area contributed by atoms with Gasteiger partial charge in [-0.15, -0.1) is 0 Å². The highest BCUT2D eigenvalue weighted by Crippen LogP contribution is 2.33. The fourth-order valence-corrected chi connectivity index (χ4v) is 3.07. The van der Waals surface area contributed by atoms with E-state index in [0.717, 1.165) is 12.0 Å². The van der Waals surface area contributed by atoms with Gasteiger partial charge in [-0.3, -0.25) is 0 Å². The van der Waals surface area contributed by atoms with E-state index in [4.69, 9.17) is 4.74 Å². The standard InChI is InChI=1S/C19H31NO2/c1-18(2,3)16-12-22-15(17(20-16)19(4,5)6)11-13-9-7-8-10-14(13)21/h7-10,15-17,20-21H,11-12H2,1-6H3. The maximum atomic E-state index is 10.0. The van der Waals surface area contributed by atoms with Gasteiger partial charge in [-0.2, -0.15) is 0 Å². The molecule has 0 aliphatic carbocycles. The van der Waals surface area contributed by atoms with Crippen molar-refractivity contribution in [1.29, 1.82) is 0 Å². The Balaban J connectivity index is 2.18. The Bertz CT molecular complexity index is 499. The summed E-state index contributed by atoms with van der Waals surface area (Å²) in [6.45, 7) is 14.2. The Labute approximate surface area is 135 Å². The van der Waals surface area contributed by atoms with Crippen LogP contribution in [0.15, 0.2) is 24.3 Å². The van der Waals surface area contributed by atoms with Gasteiger partial charge in [0, 0.05) is 18.5 Å². The summed E-state index contributed by atoms with van der Waals surface area (Å²) in [7, 11) is 0. The van der Waals surface area contributed by atoms with Crippen molar-refractivity contribution in [1.82, 2.24) is 5.32 Å². The van der Waals surface area contributed by atoms with Crippen LogP contribution in [0.25, 0.3) is 0 Å². The second-order valence-electron chi connectivity index (χ2n) is 8.63. The van der Waals surface area contributed by atoms with Crippen LogP contribution < -0.4 is 5.32 Å². The number of para-hydroxylation sites is 1. The van der Waals surface area contributed by atoms with Crippen molar-refractivity contribution < 1.29 is 9.84 Å². The van der Waals surface area contributed by atoms with Crippen molar-refractivity contribution in [3.63, 3.8) is 0 Å². The third-order valence-electron chi connectivity index (χ3n) is 4.62. The van der Waals surface area contributed by atoms with Crippen molar-refractivity contribution in [3.8, 4) is 5.75 Å². The van der Waals surface area contributed by atoms with Crippen LogP contribution in [0.1, 0.15) is 47.1 Å². The molecule has 2 N–H and O–H groups in total. The molecule has 0 spiro atoms. The summed E-state index contributed by atoms with van der Waals surface area (Å²) in [5.74, 6) is 0.358. The first-order chi connectivity index (χ1) is 10.1. The lowest BCUT2D eigenvalue weighted by molar-refractivity contribution is -0.0758. The molecule has 3 unspecified atom stereocenters. The quantitative estimate of drug-likeness (QED) is 0.874. The Morgan fingerprint density at radius 2 is 1.73 bits per heavy atom. The minimum absolute atomic E-state index is 0.0758. The van der Waals surface area contributed by atoms with E-state index in [1.54, 1.807) is 6.07 Å². The molecule has 1 aliphatic heterocycles. The van der Waals surface area contributed by atoms with Crippen LogP contribution in [0.2, 0.25) is 0 Å². The summed E-state index contributed by atoms with van der Waals surface area (Å²) in [5.41, 5.74) is 1.22. The number of rotatable bonds is 2. The van der Waals surface area contributed by atoms with E-state index < -0.39 is 0 Å². The lowest BCUT2D eigenvalue weighted by Gasteiger charge is -2.48. The number of morpholine rings is 1. The molecule has 1 saturated heterocycles. The Morgan fingerprint density at radius 1 is 1.09 bits per heavy atom. The SMILES string of the molecule is CC(C)(C)C1COC(Cc2ccccc2O)C(C(C)(C)C)N1. The van der Waals surface area contributed by atoms with E-state index in [1.807, 2.05) is 18.2 Å². The summed E-state index contributed by atoms with van der Waals surface area (Å²) in [6, 6.07) is 8.15.